The molecule has 0 spiro atoms. The molecule has 4 rings (SSSR count). The van der Waals surface area contributed by atoms with Crippen LogP contribution in [0.2, 0.25) is 0 Å². The van der Waals surface area contributed by atoms with Gasteiger partial charge in [0.2, 0.25) is 5.43 Å². The van der Waals surface area contributed by atoms with Crippen LogP contribution in [0.15, 0.2) is 41.3 Å². The third kappa shape index (κ3) is 3.68. The lowest BCUT2D eigenvalue weighted by atomic mass is 9.90. The Morgan fingerprint density at radius 1 is 1.29 bits per heavy atom. The highest BCUT2D eigenvalue weighted by atomic mass is 32.1. The van der Waals surface area contributed by atoms with Crippen LogP contribution >= 0.6 is 11.3 Å². The number of hydrazine groups is 1. The molecular formula is C20H20N4O3S. The Morgan fingerprint density at radius 2 is 2.11 bits per heavy atom. The van der Waals surface area contributed by atoms with Crippen molar-refractivity contribution in [2.75, 3.05) is 0 Å². The molecule has 2 N–H and O–H groups in total. The molecule has 28 heavy (non-hydrogen) atoms. The molecule has 1 aliphatic carbocycles. The smallest absolute Gasteiger partial charge is 0.279 e. The highest BCUT2D eigenvalue weighted by molar-refractivity contribution is 7.14. The van der Waals surface area contributed by atoms with Crippen molar-refractivity contribution < 1.29 is 9.59 Å². The molecule has 0 bridgehead atoms. The van der Waals surface area contributed by atoms with Crippen LogP contribution in [0.3, 0.4) is 0 Å². The van der Waals surface area contributed by atoms with E-state index in [1.165, 1.54) is 32.7 Å². The number of amides is 2. The summed E-state index contributed by atoms with van der Waals surface area (Å²) in [5.41, 5.74) is 6.50. The number of hydrogen-bond acceptors (Lipinski definition) is 5. The van der Waals surface area contributed by atoms with Gasteiger partial charge in [0.05, 0.1) is 16.6 Å². The molecule has 2 heterocycles. The number of carbonyl (C=O) groups is 2. The van der Waals surface area contributed by atoms with E-state index in [1.54, 1.807) is 24.3 Å². The van der Waals surface area contributed by atoms with Crippen molar-refractivity contribution in [2.24, 2.45) is 5.92 Å². The molecule has 1 aliphatic rings. The fourth-order valence-electron chi connectivity index (χ4n) is 3.47. The molecule has 7 nitrogen and oxygen atoms in total. The van der Waals surface area contributed by atoms with E-state index in [-0.39, 0.29) is 17.9 Å². The van der Waals surface area contributed by atoms with Gasteiger partial charge in [0.25, 0.3) is 11.8 Å². The molecule has 8 heteroatoms. The minimum atomic E-state index is -0.426. The quantitative estimate of drug-likeness (QED) is 0.663. The zero-order chi connectivity index (χ0) is 19.7. The van der Waals surface area contributed by atoms with Gasteiger partial charge in [-0.3, -0.25) is 29.9 Å². The third-order valence-corrected chi connectivity index (χ3v) is 6.16. The average molecular weight is 396 g/mol. The number of fused-ring (bicyclic) bond motifs is 2. The van der Waals surface area contributed by atoms with Gasteiger partial charge in [0, 0.05) is 10.3 Å². The number of nitrogens with one attached hydrogen (secondary N) is 2. The SMILES string of the molecule is C[C@H]1CCc2sc(C(=O)NNC(=O)Cn3ncc(=O)c4ccccc43)cc2C1. The van der Waals surface area contributed by atoms with E-state index in [0.717, 1.165) is 19.3 Å². The van der Waals surface area contributed by atoms with E-state index in [4.69, 9.17) is 0 Å². The Morgan fingerprint density at radius 3 is 2.96 bits per heavy atom. The van der Waals surface area contributed by atoms with E-state index >= 15 is 0 Å². The maximum absolute atomic E-state index is 12.4. The molecule has 1 aromatic carbocycles. The Labute approximate surface area is 165 Å². The largest absolute Gasteiger partial charge is 0.287 e. The molecule has 2 amide bonds. The molecule has 3 aromatic rings. The van der Waals surface area contributed by atoms with Crippen molar-refractivity contribution in [3.8, 4) is 0 Å². The van der Waals surface area contributed by atoms with Gasteiger partial charge in [-0.15, -0.1) is 11.3 Å². The zero-order valence-electron chi connectivity index (χ0n) is 15.4. The van der Waals surface area contributed by atoms with Gasteiger partial charge >= 0.3 is 0 Å². The normalized spacial score (nSPS) is 15.8. The number of thiophene rings is 1. The molecule has 0 fully saturated rings. The molecule has 0 radical (unpaired) electrons. The van der Waals surface area contributed by atoms with Gasteiger partial charge < -0.3 is 0 Å². The number of carbonyl (C=O) groups excluding carboxylic acids is 2. The molecule has 0 aliphatic heterocycles. The summed E-state index contributed by atoms with van der Waals surface area (Å²) >= 11 is 1.49. The second-order valence-electron chi connectivity index (χ2n) is 7.09. The van der Waals surface area contributed by atoms with Crippen LogP contribution in [-0.4, -0.2) is 21.6 Å². The summed E-state index contributed by atoms with van der Waals surface area (Å²) in [5, 5.41) is 4.51. The first-order valence-electron chi connectivity index (χ1n) is 9.17. The fourth-order valence-corrected chi connectivity index (χ4v) is 4.57. The molecule has 0 saturated heterocycles. The van der Waals surface area contributed by atoms with Crippen molar-refractivity contribution >= 4 is 34.1 Å². The molecule has 1 atom stereocenters. The van der Waals surface area contributed by atoms with Crippen molar-refractivity contribution in [2.45, 2.75) is 32.7 Å². The van der Waals surface area contributed by atoms with Crippen molar-refractivity contribution in [1.29, 1.82) is 0 Å². The Hall–Kier alpha value is -3.00. The van der Waals surface area contributed by atoms with Gasteiger partial charge in [0.1, 0.15) is 6.54 Å². The maximum atomic E-state index is 12.4. The summed E-state index contributed by atoms with van der Waals surface area (Å²) in [6, 6.07) is 8.88. The van der Waals surface area contributed by atoms with E-state index < -0.39 is 5.91 Å². The lowest BCUT2D eigenvalue weighted by molar-refractivity contribution is -0.122. The first kappa shape index (κ1) is 18.4. The summed E-state index contributed by atoms with van der Waals surface area (Å²) in [4.78, 5) is 38.4. The number of para-hydroxylation sites is 1. The minimum absolute atomic E-state index is 0.112. The molecular weight excluding hydrogens is 376 g/mol. The van der Waals surface area contributed by atoms with Gasteiger partial charge in [-0.1, -0.05) is 19.1 Å². The first-order chi connectivity index (χ1) is 13.5. The summed E-state index contributed by atoms with van der Waals surface area (Å²) < 4.78 is 1.43. The summed E-state index contributed by atoms with van der Waals surface area (Å²) in [5.74, 6) is -0.111. The Balaban J connectivity index is 1.41. The zero-order valence-corrected chi connectivity index (χ0v) is 16.2. The van der Waals surface area contributed by atoms with Crippen molar-refractivity contribution in [1.82, 2.24) is 20.6 Å². The molecule has 2 aromatic heterocycles. The lowest BCUT2D eigenvalue weighted by Crippen LogP contribution is -2.43. The van der Waals surface area contributed by atoms with Gasteiger partial charge in [-0.05, 0) is 48.9 Å². The molecule has 144 valence electrons. The van der Waals surface area contributed by atoms with Gasteiger partial charge in [-0.2, -0.15) is 5.10 Å². The van der Waals surface area contributed by atoms with Crippen LogP contribution in [0, 0.1) is 5.92 Å². The van der Waals surface area contributed by atoms with Crippen LogP contribution in [0.4, 0.5) is 0 Å². The summed E-state index contributed by atoms with van der Waals surface area (Å²) in [7, 11) is 0. The second kappa shape index (κ2) is 7.55. The monoisotopic (exact) mass is 396 g/mol. The van der Waals surface area contributed by atoms with E-state index in [2.05, 4.69) is 22.9 Å². The molecule has 0 unspecified atom stereocenters. The number of nitrogens with zero attached hydrogens (tertiary/aromatic N) is 2. The Bertz CT molecular complexity index is 1120. The summed E-state index contributed by atoms with van der Waals surface area (Å²) in [6.45, 7) is 2.11. The predicted molar refractivity (Wildman–Crippen MR) is 107 cm³/mol. The van der Waals surface area contributed by atoms with Crippen molar-refractivity contribution in [3.05, 3.63) is 62.1 Å². The second-order valence-corrected chi connectivity index (χ2v) is 8.23. The number of aryl methyl sites for hydroxylation is 1. The number of hydrogen-bond donors (Lipinski definition) is 2. The number of aromatic nitrogens is 2. The predicted octanol–water partition coefficient (Wildman–Crippen LogP) is 2.04. The standard InChI is InChI=1S/C20H20N4O3S/c1-12-6-7-17-13(8-12)9-18(28-17)20(27)23-22-19(26)11-24-15-5-3-2-4-14(15)16(25)10-21-24/h2-5,9-10,12H,6-8,11H2,1H3,(H,22,26)(H,23,27)/t12-/m0/s1. The van der Waals surface area contributed by atoms with E-state index in [1.807, 2.05) is 6.07 Å². The molecule has 0 saturated carbocycles. The van der Waals surface area contributed by atoms with Gasteiger partial charge in [0.15, 0.2) is 0 Å². The summed E-state index contributed by atoms with van der Waals surface area (Å²) in [6.07, 6.45) is 4.33. The van der Waals surface area contributed by atoms with Crippen molar-refractivity contribution in [3.63, 3.8) is 0 Å². The van der Waals surface area contributed by atoms with Crippen LogP contribution in [0.5, 0.6) is 0 Å². The number of benzene rings is 1. The van der Waals surface area contributed by atoms with Gasteiger partial charge in [-0.25, -0.2) is 0 Å². The van der Waals surface area contributed by atoms with Crippen LogP contribution in [0.1, 0.15) is 33.5 Å². The lowest BCUT2D eigenvalue weighted by Gasteiger charge is -2.16. The number of rotatable bonds is 3. The topological polar surface area (TPSA) is 93.1 Å². The Kier molecular flexibility index (Phi) is 4.95. The average Bonchev–Trinajstić information content (AvgIpc) is 3.12. The third-order valence-electron chi connectivity index (χ3n) is 4.92. The minimum Gasteiger partial charge on any atom is -0.287 e. The first-order valence-corrected chi connectivity index (χ1v) is 9.98. The van der Waals surface area contributed by atoms with E-state index in [9.17, 15) is 14.4 Å². The van der Waals surface area contributed by atoms with E-state index in [0.29, 0.717) is 21.7 Å². The van der Waals surface area contributed by atoms with Crippen LogP contribution in [-0.2, 0) is 24.2 Å². The fraction of sp³-hybridized carbons (Fsp3) is 0.300. The maximum Gasteiger partial charge on any atom is 0.279 e. The van der Waals surface area contributed by atoms with Crippen LogP contribution in [0.25, 0.3) is 10.9 Å². The highest BCUT2D eigenvalue weighted by Gasteiger charge is 2.21. The van der Waals surface area contributed by atoms with Crippen LogP contribution < -0.4 is 16.3 Å². The highest BCUT2D eigenvalue weighted by Crippen LogP contribution is 2.32.